The van der Waals surface area contributed by atoms with E-state index in [1.54, 1.807) is 13.4 Å². The zero-order valence-corrected chi connectivity index (χ0v) is 13.5. The van der Waals surface area contributed by atoms with E-state index < -0.39 is 0 Å². The van der Waals surface area contributed by atoms with Crippen molar-refractivity contribution in [2.24, 2.45) is 0 Å². The number of hydrogen-bond donors (Lipinski definition) is 1. The molecule has 0 aromatic carbocycles. The standard InChI is InChI=1S/C15H27N3O2/c1-7-16-13-12(11(2)3)14(18-10-17-13)20-9-8-15(4,5)19-6/h10-11H,7-9H2,1-6H3,(H,16,17,18). The zero-order valence-electron chi connectivity index (χ0n) is 13.5. The van der Waals surface area contributed by atoms with Crippen LogP contribution in [0, 0.1) is 0 Å². The monoisotopic (exact) mass is 281 g/mol. The van der Waals surface area contributed by atoms with Crippen LogP contribution in [0.1, 0.15) is 52.5 Å². The summed E-state index contributed by atoms with van der Waals surface area (Å²) in [5.41, 5.74) is 0.847. The Hall–Kier alpha value is -1.36. The van der Waals surface area contributed by atoms with Crippen LogP contribution in [-0.2, 0) is 4.74 Å². The lowest BCUT2D eigenvalue weighted by Gasteiger charge is -2.23. The van der Waals surface area contributed by atoms with Crippen molar-refractivity contribution >= 4 is 5.82 Å². The number of ether oxygens (including phenoxy) is 2. The smallest absolute Gasteiger partial charge is 0.222 e. The number of rotatable bonds is 8. The fraction of sp³-hybridized carbons (Fsp3) is 0.733. The molecule has 1 heterocycles. The summed E-state index contributed by atoms with van der Waals surface area (Å²) in [7, 11) is 1.72. The van der Waals surface area contributed by atoms with Gasteiger partial charge in [0, 0.05) is 20.1 Å². The maximum atomic E-state index is 5.85. The molecule has 0 radical (unpaired) electrons. The van der Waals surface area contributed by atoms with Crippen LogP contribution < -0.4 is 10.1 Å². The first kappa shape index (κ1) is 16.7. The number of nitrogens with one attached hydrogen (secondary N) is 1. The lowest BCUT2D eigenvalue weighted by Crippen LogP contribution is -2.25. The highest BCUT2D eigenvalue weighted by Gasteiger charge is 2.19. The molecule has 0 amide bonds. The molecule has 0 unspecified atom stereocenters. The van der Waals surface area contributed by atoms with Gasteiger partial charge in [-0.15, -0.1) is 0 Å². The summed E-state index contributed by atoms with van der Waals surface area (Å²) in [5.74, 6) is 1.83. The van der Waals surface area contributed by atoms with Gasteiger partial charge in [-0.2, -0.15) is 0 Å². The highest BCUT2D eigenvalue weighted by Crippen LogP contribution is 2.30. The molecule has 0 spiro atoms. The molecule has 20 heavy (non-hydrogen) atoms. The zero-order chi connectivity index (χ0) is 15.2. The lowest BCUT2D eigenvalue weighted by atomic mass is 10.0. The summed E-state index contributed by atoms with van der Waals surface area (Å²) in [6, 6.07) is 0. The van der Waals surface area contributed by atoms with Crippen molar-refractivity contribution in [2.75, 3.05) is 25.6 Å². The maximum Gasteiger partial charge on any atom is 0.222 e. The molecule has 114 valence electrons. The Morgan fingerprint density at radius 3 is 2.55 bits per heavy atom. The number of nitrogens with zero attached hydrogens (tertiary/aromatic N) is 2. The molecule has 5 heteroatoms. The van der Waals surface area contributed by atoms with E-state index in [1.165, 1.54) is 0 Å². The average molecular weight is 281 g/mol. The SMILES string of the molecule is CCNc1ncnc(OCCC(C)(C)OC)c1C(C)C. The molecule has 0 aliphatic carbocycles. The molecule has 0 fully saturated rings. The van der Waals surface area contributed by atoms with Gasteiger partial charge in [0.15, 0.2) is 0 Å². The third-order valence-electron chi connectivity index (χ3n) is 3.26. The second-order valence-corrected chi connectivity index (χ2v) is 5.69. The van der Waals surface area contributed by atoms with Gasteiger partial charge in [0.1, 0.15) is 12.1 Å². The van der Waals surface area contributed by atoms with Crippen LogP contribution in [0.2, 0.25) is 0 Å². The van der Waals surface area contributed by atoms with E-state index in [1.807, 2.05) is 20.8 Å². The van der Waals surface area contributed by atoms with Crippen molar-refractivity contribution in [3.05, 3.63) is 11.9 Å². The van der Waals surface area contributed by atoms with Gasteiger partial charge in [-0.3, -0.25) is 0 Å². The third kappa shape index (κ3) is 4.63. The van der Waals surface area contributed by atoms with E-state index in [0.29, 0.717) is 18.4 Å². The molecule has 0 saturated heterocycles. The minimum absolute atomic E-state index is 0.185. The Morgan fingerprint density at radius 1 is 1.30 bits per heavy atom. The largest absolute Gasteiger partial charge is 0.477 e. The van der Waals surface area contributed by atoms with Gasteiger partial charge in [-0.25, -0.2) is 9.97 Å². The van der Waals surface area contributed by atoms with Gasteiger partial charge in [0.2, 0.25) is 5.88 Å². The van der Waals surface area contributed by atoms with Crippen LogP contribution in [0.5, 0.6) is 5.88 Å². The molecule has 0 bridgehead atoms. The number of hydrogen-bond acceptors (Lipinski definition) is 5. The second kappa shape index (κ2) is 7.43. The van der Waals surface area contributed by atoms with Crippen LogP contribution in [0.15, 0.2) is 6.33 Å². The van der Waals surface area contributed by atoms with Crippen molar-refractivity contribution in [2.45, 2.75) is 52.6 Å². The van der Waals surface area contributed by atoms with Gasteiger partial charge < -0.3 is 14.8 Å². The van der Waals surface area contributed by atoms with E-state index in [-0.39, 0.29) is 5.60 Å². The summed E-state index contributed by atoms with van der Waals surface area (Å²) in [6.45, 7) is 11.8. The van der Waals surface area contributed by atoms with E-state index in [2.05, 4.69) is 29.1 Å². The van der Waals surface area contributed by atoms with Gasteiger partial charge in [0.05, 0.1) is 17.8 Å². The van der Waals surface area contributed by atoms with Crippen LogP contribution in [0.4, 0.5) is 5.82 Å². The molecule has 0 aliphatic rings. The van der Waals surface area contributed by atoms with Crippen molar-refractivity contribution in [1.82, 2.24) is 9.97 Å². The van der Waals surface area contributed by atoms with E-state index in [0.717, 1.165) is 24.3 Å². The summed E-state index contributed by atoms with van der Waals surface area (Å²) in [5, 5.41) is 3.26. The molecule has 1 rings (SSSR count). The van der Waals surface area contributed by atoms with Crippen LogP contribution in [-0.4, -0.2) is 35.8 Å². The lowest BCUT2D eigenvalue weighted by molar-refractivity contribution is 0.00498. The number of anilines is 1. The Labute approximate surface area is 122 Å². The predicted octanol–water partition coefficient (Wildman–Crippen LogP) is 3.23. The average Bonchev–Trinajstić information content (AvgIpc) is 2.39. The summed E-state index contributed by atoms with van der Waals surface area (Å²) < 4.78 is 11.2. The Kier molecular flexibility index (Phi) is 6.20. The molecule has 1 aromatic heterocycles. The molecule has 0 saturated carbocycles. The highest BCUT2D eigenvalue weighted by molar-refractivity contribution is 5.50. The van der Waals surface area contributed by atoms with Gasteiger partial charge in [0.25, 0.3) is 0 Å². The van der Waals surface area contributed by atoms with Gasteiger partial charge in [-0.05, 0) is 26.7 Å². The number of methoxy groups -OCH3 is 1. The third-order valence-corrected chi connectivity index (χ3v) is 3.26. The van der Waals surface area contributed by atoms with Crippen molar-refractivity contribution in [3.63, 3.8) is 0 Å². The van der Waals surface area contributed by atoms with E-state index in [9.17, 15) is 0 Å². The van der Waals surface area contributed by atoms with Gasteiger partial charge >= 0.3 is 0 Å². The van der Waals surface area contributed by atoms with E-state index in [4.69, 9.17) is 9.47 Å². The minimum Gasteiger partial charge on any atom is -0.477 e. The molecular formula is C15H27N3O2. The Bertz CT molecular complexity index is 420. The predicted molar refractivity (Wildman–Crippen MR) is 81.5 cm³/mol. The van der Waals surface area contributed by atoms with Crippen LogP contribution in [0.3, 0.4) is 0 Å². The van der Waals surface area contributed by atoms with Crippen molar-refractivity contribution < 1.29 is 9.47 Å². The van der Waals surface area contributed by atoms with Crippen LogP contribution in [0.25, 0.3) is 0 Å². The van der Waals surface area contributed by atoms with Crippen LogP contribution >= 0.6 is 0 Å². The summed E-state index contributed by atoms with van der Waals surface area (Å²) in [6.07, 6.45) is 2.35. The topological polar surface area (TPSA) is 56.3 Å². The van der Waals surface area contributed by atoms with Gasteiger partial charge in [-0.1, -0.05) is 13.8 Å². The molecular weight excluding hydrogens is 254 g/mol. The first-order valence-electron chi connectivity index (χ1n) is 7.18. The molecule has 5 nitrogen and oxygen atoms in total. The first-order chi connectivity index (χ1) is 9.41. The first-order valence-corrected chi connectivity index (χ1v) is 7.18. The quantitative estimate of drug-likeness (QED) is 0.793. The molecule has 1 N–H and O–H groups in total. The summed E-state index contributed by atoms with van der Waals surface area (Å²) in [4.78, 5) is 8.57. The fourth-order valence-corrected chi connectivity index (χ4v) is 1.82. The molecule has 1 aromatic rings. The Morgan fingerprint density at radius 2 is 2.00 bits per heavy atom. The van der Waals surface area contributed by atoms with E-state index >= 15 is 0 Å². The number of aromatic nitrogens is 2. The maximum absolute atomic E-state index is 5.85. The molecule has 0 atom stereocenters. The summed E-state index contributed by atoms with van der Waals surface area (Å²) >= 11 is 0. The van der Waals surface area contributed by atoms with Crippen molar-refractivity contribution in [1.29, 1.82) is 0 Å². The Balaban J connectivity index is 2.81. The van der Waals surface area contributed by atoms with Crippen molar-refractivity contribution in [3.8, 4) is 5.88 Å². The highest BCUT2D eigenvalue weighted by atomic mass is 16.5. The molecule has 0 aliphatic heterocycles. The second-order valence-electron chi connectivity index (χ2n) is 5.69. The minimum atomic E-state index is -0.185. The normalized spacial score (nSPS) is 11.8. The fourth-order valence-electron chi connectivity index (χ4n) is 1.82.